The molecule has 0 bridgehead atoms. The van der Waals surface area contributed by atoms with Crippen molar-refractivity contribution in [3.8, 4) is 0 Å². The number of benzene rings is 1. The van der Waals surface area contributed by atoms with E-state index in [1.165, 1.54) is 16.7 Å². The lowest BCUT2D eigenvalue weighted by atomic mass is 9.67. The Morgan fingerprint density at radius 2 is 2.03 bits per heavy atom. The number of nitrogens with one attached hydrogen (secondary N) is 1. The first-order chi connectivity index (χ1) is 16.5. The number of amides is 1. The van der Waals surface area contributed by atoms with E-state index >= 15 is 0 Å². The zero-order valence-corrected chi connectivity index (χ0v) is 21.2. The van der Waals surface area contributed by atoms with Crippen molar-refractivity contribution in [1.82, 2.24) is 10.2 Å². The second kappa shape index (κ2) is 9.96. The molecule has 3 unspecified atom stereocenters. The molecule has 3 nitrogen and oxygen atoms in total. The Morgan fingerprint density at radius 1 is 1.26 bits per heavy atom. The van der Waals surface area contributed by atoms with Crippen molar-refractivity contribution in [1.29, 1.82) is 0 Å². The van der Waals surface area contributed by atoms with E-state index in [9.17, 15) is 18.0 Å². The fraction of sp³-hybridized carbons (Fsp3) is 0.552. The molecule has 1 heterocycles. The molecule has 190 valence electrons. The number of nitrogens with zero attached hydrogens (tertiary/aromatic N) is 1. The third-order valence-corrected chi connectivity index (χ3v) is 8.58. The van der Waals surface area contributed by atoms with Crippen molar-refractivity contribution < 1.29 is 18.0 Å². The smallest absolute Gasteiger partial charge is 0.343 e. The van der Waals surface area contributed by atoms with Gasteiger partial charge in [0, 0.05) is 23.6 Å². The van der Waals surface area contributed by atoms with Crippen LogP contribution in [0.2, 0.25) is 0 Å². The van der Waals surface area contributed by atoms with Crippen LogP contribution in [0.4, 0.5) is 13.2 Å². The van der Waals surface area contributed by atoms with Crippen LogP contribution >= 0.6 is 0 Å². The summed E-state index contributed by atoms with van der Waals surface area (Å²) < 4.78 is 37.3. The van der Waals surface area contributed by atoms with Crippen LogP contribution in [0.15, 0.2) is 53.6 Å². The summed E-state index contributed by atoms with van der Waals surface area (Å²) in [5.74, 6) is 0.304. The quantitative estimate of drug-likeness (QED) is 0.501. The molecule has 1 N–H and O–H groups in total. The van der Waals surface area contributed by atoms with Gasteiger partial charge in [0.05, 0.1) is 0 Å². The predicted octanol–water partition coefficient (Wildman–Crippen LogP) is 6.71. The lowest BCUT2D eigenvalue weighted by Gasteiger charge is -2.47. The molecule has 1 aromatic carbocycles. The number of rotatable bonds is 5. The summed E-state index contributed by atoms with van der Waals surface area (Å²) in [4.78, 5) is 14.8. The molecule has 1 amide bonds. The predicted molar refractivity (Wildman–Crippen MR) is 134 cm³/mol. The number of aryl methyl sites for hydroxylation is 1. The number of halogens is 3. The first-order valence-electron chi connectivity index (χ1n) is 12.8. The molecule has 2 fully saturated rings. The molecule has 0 aromatic heterocycles. The van der Waals surface area contributed by atoms with E-state index in [4.69, 9.17) is 0 Å². The van der Waals surface area contributed by atoms with Gasteiger partial charge in [0.1, 0.15) is 6.54 Å². The van der Waals surface area contributed by atoms with Gasteiger partial charge in [0.15, 0.2) is 0 Å². The minimum absolute atomic E-state index is 0.183. The van der Waals surface area contributed by atoms with Crippen molar-refractivity contribution in [2.24, 2.45) is 11.3 Å². The van der Waals surface area contributed by atoms with Crippen molar-refractivity contribution in [3.05, 3.63) is 70.3 Å². The summed E-state index contributed by atoms with van der Waals surface area (Å²) in [7, 11) is 0. The highest BCUT2D eigenvalue weighted by Crippen LogP contribution is 2.50. The average Bonchev–Trinajstić information content (AvgIpc) is 3.41. The molecule has 3 aliphatic rings. The van der Waals surface area contributed by atoms with E-state index in [0.717, 1.165) is 44.3 Å². The Morgan fingerprint density at radius 3 is 2.69 bits per heavy atom. The van der Waals surface area contributed by atoms with Crippen molar-refractivity contribution in [3.63, 3.8) is 0 Å². The Balaban J connectivity index is 1.38. The van der Waals surface area contributed by atoms with E-state index in [1.807, 2.05) is 18.3 Å². The summed E-state index contributed by atoms with van der Waals surface area (Å²) in [5.41, 5.74) is 5.53. The summed E-state index contributed by atoms with van der Waals surface area (Å²) >= 11 is 0. The Labute approximate surface area is 207 Å². The molecule has 6 heteroatoms. The van der Waals surface area contributed by atoms with Gasteiger partial charge in [-0.15, -0.1) is 0 Å². The zero-order chi connectivity index (χ0) is 25.4. The monoisotopic (exact) mass is 486 g/mol. The SMILES string of the molecule is C/C=C\C1=C(C)C2(C=C1)CCN(C1CCC(c3ccc(C(=O)NCC(F)(F)F)cc3C)C1)C[C@@H]2C. The highest BCUT2D eigenvalue weighted by molar-refractivity contribution is 5.94. The first kappa shape index (κ1) is 25.7. The van der Waals surface area contributed by atoms with Crippen LogP contribution in [0.25, 0.3) is 0 Å². The molecule has 2 aliphatic carbocycles. The van der Waals surface area contributed by atoms with Crippen LogP contribution in [-0.2, 0) is 0 Å². The second-order valence-corrected chi connectivity index (χ2v) is 10.6. The topological polar surface area (TPSA) is 32.3 Å². The molecule has 1 aromatic rings. The number of hydrogen-bond donors (Lipinski definition) is 1. The Kier molecular flexibility index (Phi) is 7.33. The van der Waals surface area contributed by atoms with E-state index < -0.39 is 18.6 Å². The lowest BCUT2D eigenvalue weighted by molar-refractivity contribution is -0.123. The van der Waals surface area contributed by atoms with Crippen LogP contribution < -0.4 is 5.32 Å². The summed E-state index contributed by atoms with van der Waals surface area (Å²) in [6.45, 7) is 9.59. The highest BCUT2D eigenvalue weighted by atomic mass is 19.4. The molecule has 4 rings (SSSR count). The van der Waals surface area contributed by atoms with Gasteiger partial charge in [-0.1, -0.05) is 42.9 Å². The average molecular weight is 487 g/mol. The van der Waals surface area contributed by atoms with Gasteiger partial charge in [0.25, 0.3) is 5.91 Å². The van der Waals surface area contributed by atoms with Gasteiger partial charge < -0.3 is 10.2 Å². The van der Waals surface area contributed by atoms with Gasteiger partial charge in [0.2, 0.25) is 0 Å². The third-order valence-electron chi connectivity index (χ3n) is 8.58. The maximum atomic E-state index is 12.4. The fourth-order valence-corrected chi connectivity index (χ4v) is 6.56. The summed E-state index contributed by atoms with van der Waals surface area (Å²) in [6.07, 6.45) is 9.16. The molecule has 35 heavy (non-hydrogen) atoms. The standard InChI is InChI=1S/C29H37F3N2O/c1-5-6-22-11-12-28(21(22)4)13-14-34(17-20(28)3)25-9-7-23(16-25)26-10-8-24(15-19(26)2)27(35)33-18-29(30,31)32/h5-6,8,10-12,15,20,23,25H,7,9,13-14,16-18H2,1-4H3,(H,33,35)/b6-5-/t20-,23?,25?,28?/m0/s1. The number of alkyl halides is 3. The molecule has 1 aliphatic heterocycles. The maximum absolute atomic E-state index is 12.4. The van der Waals surface area contributed by atoms with Gasteiger partial charge in [-0.3, -0.25) is 4.79 Å². The third kappa shape index (κ3) is 5.28. The molecule has 0 radical (unpaired) electrons. The molecule has 1 saturated heterocycles. The minimum Gasteiger partial charge on any atom is -0.343 e. The second-order valence-electron chi connectivity index (χ2n) is 10.6. The van der Waals surface area contributed by atoms with E-state index in [1.54, 1.807) is 12.1 Å². The molecule has 1 saturated carbocycles. The number of piperidine rings is 1. The number of carbonyl (C=O) groups excluding carboxylic acids is 1. The van der Waals surface area contributed by atoms with Crippen molar-refractivity contribution in [2.75, 3.05) is 19.6 Å². The largest absolute Gasteiger partial charge is 0.405 e. The molecular formula is C29H37F3N2O. The number of hydrogen-bond acceptors (Lipinski definition) is 2. The fourth-order valence-electron chi connectivity index (χ4n) is 6.56. The van der Waals surface area contributed by atoms with E-state index in [2.05, 4.69) is 50.0 Å². The van der Waals surface area contributed by atoms with Crippen LogP contribution in [0.1, 0.15) is 73.9 Å². The van der Waals surface area contributed by atoms with Crippen molar-refractivity contribution >= 4 is 5.91 Å². The van der Waals surface area contributed by atoms with Gasteiger partial charge in [-0.25, -0.2) is 0 Å². The zero-order valence-electron chi connectivity index (χ0n) is 21.2. The van der Waals surface area contributed by atoms with Crippen LogP contribution in [-0.4, -0.2) is 42.7 Å². The highest BCUT2D eigenvalue weighted by Gasteiger charge is 2.44. The molecular weight excluding hydrogens is 449 g/mol. The molecule has 1 spiro atoms. The Hall–Kier alpha value is -2.34. The summed E-state index contributed by atoms with van der Waals surface area (Å²) in [5, 5.41) is 1.96. The first-order valence-corrected chi connectivity index (χ1v) is 12.8. The lowest BCUT2D eigenvalue weighted by Crippen LogP contribution is -2.48. The van der Waals surface area contributed by atoms with E-state index in [-0.39, 0.29) is 11.0 Å². The number of likely N-dealkylation sites (tertiary alicyclic amines) is 1. The van der Waals surface area contributed by atoms with Gasteiger partial charge in [-0.05, 0) is 93.7 Å². The van der Waals surface area contributed by atoms with Crippen LogP contribution in [0, 0.1) is 18.3 Å². The Bertz CT molecular complexity index is 1050. The molecule has 4 atom stereocenters. The van der Waals surface area contributed by atoms with Crippen molar-refractivity contribution in [2.45, 2.75) is 71.5 Å². The maximum Gasteiger partial charge on any atom is 0.405 e. The number of carbonyl (C=O) groups is 1. The normalized spacial score (nSPS) is 29.6. The van der Waals surface area contributed by atoms with Gasteiger partial charge in [-0.2, -0.15) is 13.2 Å². The van der Waals surface area contributed by atoms with Crippen LogP contribution in [0.5, 0.6) is 0 Å². The van der Waals surface area contributed by atoms with Crippen LogP contribution in [0.3, 0.4) is 0 Å². The number of allylic oxidation sites excluding steroid dienone is 6. The summed E-state index contributed by atoms with van der Waals surface area (Å²) in [6, 6.07) is 5.89. The van der Waals surface area contributed by atoms with Gasteiger partial charge >= 0.3 is 6.18 Å². The minimum atomic E-state index is -4.41. The van der Waals surface area contributed by atoms with E-state index in [0.29, 0.717) is 17.9 Å².